The Morgan fingerprint density at radius 3 is 2.79 bits per heavy atom. The average molecular weight is 199 g/mol. The number of rotatable bonds is 4. The first-order chi connectivity index (χ1) is 6.60. The normalized spacial score (nSPS) is 13.2. The average Bonchev–Trinajstić information content (AvgIpc) is 2.66. The Labute approximate surface area is 82.1 Å². The lowest BCUT2D eigenvalue weighted by molar-refractivity contribution is 0.287. The van der Waals surface area contributed by atoms with Gasteiger partial charge in [0, 0.05) is 17.8 Å². The van der Waals surface area contributed by atoms with Crippen LogP contribution in [-0.4, -0.2) is 27.1 Å². The number of imidazole rings is 1. The van der Waals surface area contributed by atoms with Gasteiger partial charge in [0.25, 0.3) is 0 Å². The second-order valence-corrected chi connectivity index (χ2v) is 3.80. The van der Waals surface area contributed by atoms with E-state index in [2.05, 4.69) is 10.1 Å². The second-order valence-electron chi connectivity index (χ2n) is 3.80. The third kappa shape index (κ3) is 2.31. The van der Waals surface area contributed by atoms with Gasteiger partial charge in [0.2, 0.25) is 0 Å². The molecule has 0 aromatic carbocycles. The highest BCUT2D eigenvalue weighted by Gasteiger charge is 2.25. The first-order valence-electron chi connectivity index (χ1n) is 4.33. The molecule has 78 valence electrons. The Balaban J connectivity index is 2.75. The molecular formula is C9H14FN3O. The summed E-state index contributed by atoms with van der Waals surface area (Å²) in [6, 6.07) is 0. The topological polar surface area (TPSA) is 50.4 Å². The molecule has 0 atom stereocenters. The summed E-state index contributed by atoms with van der Waals surface area (Å²) in [7, 11) is 0. The van der Waals surface area contributed by atoms with Crippen LogP contribution in [0.1, 0.15) is 13.8 Å². The van der Waals surface area contributed by atoms with Crippen LogP contribution >= 0.6 is 0 Å². The molecule has 0 aliphatic rings. The van der Waals surface area contributed by atoms with Crippen molar-refractivity contribution in [3.05, 3.63) is 18.7 Å². The number of aromatic nitrogens is 2. The lowest BCUT2D eigenvalue weighted by Crippen LogP contribution is -2.30. The monoisotopic (exact) mass is 199 g/mol. The number of oxime groups is 1. The van der Waals surface area contributed by atoms with Crippen LogP contribution in [0.3, 0.4) is 0 Å². The Bertz CT molecular complexity index is 306. The van der Waals surface area contributed by atoms with Crippen LogP contribution in [0.25, 0.3) is 0 Å². The molecule has 14 heavy (non-hydrogen) atoms. The van der Waals surface area contributed by atoms with E-state index in [9.17, 15) is 4.39 Å². The molecule has 0 amide bonds. The molecule has 5 heteroatoms. The van der Waals surface area contributed by atoms with E-state index in [0.717, 1.165) is 0 Å². The summed E-state index contributed by atoms with van der Waals surface area (Å²) in [6.07, 6.45) is 4.95. The lowest BCUT2D eigenvalue weighted by atomic mass is 9.89. The molecule has 0 saturated carbocycles. The summed E-state index contributed by atoms with van der Waals surface area (Å²) in [5.74, 6) is 0. The van der Waals surface area contributed by atoms with Crippen LogP contribution in [0, 0.1) is 5.41 Å². The van der Waals surface area contributed by atoms with Crippen molar-refractivity contribution in [2.24, 2.45) is 10.6 Å². The van der Waals surface area contributed by atoms with Gasteiger partial charge in [-0.25, -0.2) is 4.98 Å². The third-order valence-corrected chi connectivity index (χ3v) is 2.13. The summed E-state index contributed by atoms with van der Waals surface area (Å²) in [5.41, 5.74) is -0.336. The minimum atomic E-state index is -0.737. The zero-order valence-electron chi connectivity index (χ0n) is 8.31. The zero-order valence-corrected chi connectivity index (χ0v) is 8.31. The fourth-order valence-electron chi connectivity index (χ4n) is 1.01. The number of hydrogen-bond acceptors (Lipinski definition) is 3. The first-order valence-corrected chi connectivity index (χ1v) is 4.33. The van der Waals surface area contributed by atoms with E-state index in [1.54, 1.807) is 37.1 Å². The maximum absolute atomic E-state index is 12.6. The van der Waals surface area contributed by atoms with Gasteiger partial charge in [0.15, 0.2) is 0 Å². The number of halogens is 1. The molecule has 0 unspecified atom stereocenters. The molecule has 1 aromatic heterocycles. The van der Waals surface area contributed by atoms with E-state index >= 15 is 0 Å². The van der Waals surface area contributed by atoms with Crippen molar-refractivity contribution in [3.63, 3.8) is 0 Å². The van der Waals surface area contributed by atoms with Crippen LogP contribution in [0.5, 0.6) is 0 Å². The molecule has 1 aromatic rings. The zero-order chi connectivity index (χ0) is 10.6. The highest BCUT2D eigenvalue weighted by atomic mass is 19.1. The van der Waals surface area contributed by atoms with Gasteiger partial charge < -0.3 is 9.77 Å². The number of nitrogens with zero attached hydrogens (tertiary/aromatic N) is 3. The molecule has 4 nitrogen and oxygen atoms in total. The maximum Gasteiger partial charge on any atom is 0.0999 e. The van der Waals surface area contributed by atoms with Crippen LogP contribution in [0.15, 0.2) is 23.9 Å². The summed E-state index contributed by atoms with van der Waals surface area (Å²) < 4.78 is 14.3. The van der Waals surface area contributed by atoms with E-state index in [4.69, 9.17) is 5.21 Å². The van der Waals surface area contributed by atoms with Gasteiger partial charge in [-0.3, -0.25) is 4.39 Å². The molecule has 1 N–H and O–H groups in total. The van der Waals surface area contributed by atoms with E-state index in [1.807, 2.05) is 0 Å². The SMILES string of the molecule is CC(C)(CF)/C(Cn1ccnc1)=N/O. The fourth-order valence-corrected chi connectivity index (χ4v) is 1.01. The summed E-state index contributed by atoms with van der Waals surface area (Å²) in [4.78, 5) is 3.85. The summed E-state index contributed by atoms with van der Waals surface area (Å²) in [6.45, 7) is 3.19. The van der Waals surface area contributed by atoms with E-state index in [-0.39, 0.29) is 0 Å². The maximum atomic E-state index is 12.6. The largest absolute Gasteiger partial charge is 0.411 e. The third-order valence-electron chi connectivity index (χ3n) is 2.13. The van der Waals surface area contributed by atoms with E-state index in [0.29, 0.717) is 12.3 Å². The predicted octanol–water partition coefficient (Wildman–Crippen LogP) is 1.71. The Kier molecular flexibility index (Phi) is 3.22. The van der Waals surface area contributed by atoms with Crippen molar-refractivity contribution in [1.29, 1.82) is 0 Å². The van der Waals surface area contributed by atoms with Crippen LogP contribution < -0.4 is 0 Å². The van der Waals surface area contributed by atoms with Crippen molar-refractivity contribution < 1.29 is 9.60 Å². The van der Waals surface area contributed by atoms with Crippen molar-refractivity contribution in [1.82, 2.24) is 9.55 Å². The minimum Gasteiger partial charge on any atom is -0.411 e. The Hall–Kier alpha value is -1.39. The number of hydrogen-bond donors (Lipinski definition) is 1. The molecule has 0 saturated heterocycles. The van der Waals surface area contributed by atoms with Crippen molar-refractivity contribution >= 4 is 5.71 Å². The van der Waals surface area contributed by atoms with Crippen LogP contribution in [-0.2, 0) is 6.54 Å². The Morgan fingerprint density at radius 2 is 2.36 bits per heavy atom. The van der Waals surface area contributed by atoms with Crippen LogP contribution in [0.4, 0.5) is 4.39 Å². The summed E-state index contributed by atoms with van der Waals surface area (Å²) >= 11 is 0. The standard InChI is InChI=1S/C9H14FN3O/c1-9(2,6-10)8(12-14)5-13-4-3-11-7-13/h3-4,7,14H,5-6H2,1-2H3/b12-8+. The second kappa shape index (κ2) is 4.21. The highest BCUT2D eigenvalue weighted by Crippen LogP contribution is 2.19. The van der Waals surface area contributed by atoms with E-state index < -0.39 is 12.1 Å². The number of alkyl halides is 1. The molecule has 0 bridgehead atoms. The van der Waals surface area contributed by atoms with Gasteiger partial charge in [-0.15, -0.1) is 0 Å². The molecule has 0 fully saturated rings. The lowest BCUT2D eigenvalue weighted by Gasteiger charge is -2.21. The van der Waals surface area contributed by atoms with Gasteiger partial charge in [-0.1, -0.05) is 19.0 Å². The van der Waals surface area contributed by atoms with Crippen molar-refractivity contribution in [2.45, 2.75) is 20.4 Å². The van der Waals surface area contributed by atoms with Gasteiger partial charge >= 0.3 is 0 Å². The molecule has 0 aliphatic heterocycles. The molecule has 0 radical (unpaired) electrons. The molecule has 0 spiro atoms. The van der Waals surface area contributed by atoms with Gasteiger partial charge in [0.1, 0.15) is 0 Å². The molecule has 0 aliphatic carbocycles. The first kappa shape index (κ1) is 10.7. The van der Waals surface area contributed by atoms with E-state index in [1.165, 1.54) is 0 Å². The quantitative estimate of drug-likeness (QED) is 0.456. The highest BCUT2D eigenvalue weighted by molar-refractivity contribution is 5.89. The van der Waals surface area contributed by atoms with Gasteiger partial charge in [-0.05, 0) is 0 Å². The van der Waals surface area contributed by atoms with Gasteiger partial charge in [0.05, 0.1) is 25.3 Å². The molecule has 1 heterocycles. The van der Waals surface area contributed by atoms with Crippen LogP contribution in [0.2, 0.25) is 0 Å². The smallest absolute Gasteiger partial charge is 0.0999 e. The molecular weight excluding hydrogens is 185 g/mol. The Morgan fingerprint density at radius 1 is 1.64 bits per heavy atom. The van der Waals surface area contributed by atoms with Crippen molar-refractivity contribution in [3.8, 4) is 0 Å². The minimum absolute atomic E-state index is 0.355. The fraction of sp³-hybridized carbons (Fsp3) is 0.556. The molecule has 1 rings (SSSR count). The predicted molar refractivity (Wildman–Crippen MR) is 51.2 cm³/mol. The summed E-state index contributed by atoms with van der Waals surface area (Å²) in [5, 5.41) is 11.9. The van der Waals surface area contributed by atoms with Crippen molar-refractivity contribution in [2.75, 3.05) is 6.67 Å². The van der Waals surface area contributed by atoms with Gasteiger partial charge in [-0.2, -0.15) is 0 Å².